The molecule has 0 saturated carbocycles. The molecule has 0 saturated heterocycles. The summed E-state index contributed by atoms with van der Waals surface area (Å²) in [5.74, 6) is -1.92. The lowest BCUT2D eigenvalue weighted by atomic mass is 9.99. The van der Waals surface area contributed by atoms with E-state index in [4.69, 9.17) is 11.6 Å². The lowest BCUT2D eigenvalue weighted by Gasteiger charge is -2.16. The highest BCUT2D eigenvalue weighted by Crippen LogP contribution is 2.42. The zero-order chi connectivity index (χ0) is 33.6. The molecule has 0 unspecified atom stereocenters. The highest BCUT2D eigenvalue weighted by molar-refractivity contribution is 7.90. The van der Waals surface area contributed by atoms with Crippen LogP contribution in [-0.4, -0.2) is 28.0 Å². The topological polar surface area (TPSA) is 129 Å². The number of fused-ring (bicyclic) bond motifs is 1. The molecular formula is C34H18ClF3N4O4S. The molecule has 0 amide bonds. The van der Waals surface area contributed by atoms with Crippen LogP contribution >= 0.6 is 11.6 Å². The number of hydrogen-bond acceptors (Lipinski definition) is 5. The van der Waals surface area contributed by atoms with Gasteiger partial charge in [-0.3, -0.25) is 4.57 Å². The van der Waals surface area contributed by atoms with Crippen molar-refractivity contribution in [2.24, 2.45) is 0 Å². The molecule has 2 heterocycles. The molecule has 232 valence electrons. The van der Waals surface area contributed by atoms with Gasteiger partial charge < -0.3 is 5.11 Å². The van der Waals surface area contributed by atoms with Crippen LogP contribution in [0.4, 0.5) is 13.2 Å². The van der Waals surface area contributed by atoms with Crippen molar-refractivity contribution in [2.45, 2.75) is 11.3 Å². The Labute approximate surface area is 270 Å². The van der Waals surface area contributed by atoms with Crippen molar-refractivity contribution in [3.8, 4) is 40.2 Å². The monoisotopic (exact) mass is 670 g/mol. The number of carbonyl (C=O) groups is 1. The number of rotatable bonds is 7. The standard InChI is InChI=1S/C34H18ClF3N4O4S/c35-29-15-22(34(43)44)6-12-27(29)20-2-1-3-21(14-20)31-32(41-24(17-39)8-9-25(41)18-40)28-16-23(36)7-13-30(28)42(31)47(45,46)26-10-4-19(5-11-26)33(37)38/h1-16,33H,(H,43,44). The first-order valence-electron chi connectivity index (χ1n) is 13.6. The van der Waals surface area contributed by atoms with E-state index >= 15 is 0 Å². The molecule has 0 radical (unpaired) electrons. The fourth-order valence-corrected chi connectivity index (χ4v) is 7.24. The first-order valence-corrected chi connectivity index (χ1v) is 15.4. The molecule has 0 aliphatic carbocycles. The average Bonchev–Trinajstić information content (AvgIpc) is 3.62. The number of alkyl halides is 2. The Bertz CT molecular complexity index is 2410. The van der Waals surface area contributed by atoms with Crippen LogP contribution in [0, 0.1) is 28.5 Å². The summed E-state index contributed by atoms with van der Waals surface area (Å²) in [5.41, 5.74) is 0.439. The van der Waals surface area contributed by atoms with Crippen LogP contribution < -0.4 is 0 Å². The van der Waals surface area contributed by atoms with Crippen LogP contribution in [0.2, 0.25) is 5.02 Å². The maximum absolute atomic E-state index is 14.9. The van der Waals surface area contributed by atoms with E-state index in [1.54, 1.807) is 24.3 Å². The van der Waals surface area contributed by atoms with E-state index in [0.717, 1.165) is 40.4 Å². The van der Waals surface area contributed by atoms with Gasteiger partial charge in [-0.15, -0.1) is 0 Å². The van der Waals surface area contributed by atoms with E-state index in [1.807, 2.05) is 12.1 Å². The number of nitrogens with zero attached hydrogens (tertiary/aromatic N) is 4. The second kappa shape index (κ2) is 11.8. The van der Waals surface area contributed by atoms with Gasteiger partial charge >= 0.3 is 5.97 Å². The molecule has 13 heteroatoms. The maximum Gasteiger partial charge on any atom is 0.335 e. The average molecular weight is 671 g/mol. The summed E-state index contributed by atoms with van der Waals surface area (Å²) in [6.45, 7) is 0. The number of aromatic carboxylic acids is 1. The van der Waals surface area contributed by atoms with Crippen LogP contribution in [-0.2, 0) is 10.0 Å². The zero-order valence-corrected chi connectivity index (χ0v) is 25.3. The van der Waals surface area contributed by atoms with Gasteiger partial charge in [0.1, 0.15) is 29.3 Å². The molecule has 1 N–H and O–H groups in total. The molecule has 0 bridgehead atoms. The third kappa shape index (κ3) is 5.29. The zero-order valence-electron chi connectivity index (χ0n) is 23.7. The second-order valence-corrected chi connectivity index (χ2v) is 12.4. The third-order valence-corrected chi connectivity index (χ3v) is 9.57. The maximum atomic E-state index is 14.9. The summed E-state index contributed by atoms with van der Waals surface area (Å²) < 4.78 is 72.7. The summed E-state index contributed by atoms with van der Waals surface area (Å²) in [6.07, 6.45) is -2.84. The molecule has 47 heavy (non-hydrogen) atoms. The van der Waals surface area contributed by atoms with E-state index in [9.17, 15) is 42.0 Å². The van der Waals surface area contributed by atoms with E-state index in [2.05, 4.69) is 0 Å². The van der Waals surface area contributed by atoms with Gasteiger partial charge in [0.05, 0.1) is 27.4 Å². The summed E-state index contributed by atoms with van der Waals surface area (Å²) in [4.78, 5) is 11.1. The van der Waals surface area contributed by atoms with E-state index < -0.39 is 33.8 Å². The van der Waals surface area contributed by atoms with Gasteiger partial charge in [0.25, 0.3) is 16.4 Å². The summed E-state index contributed by atoms with van der Waals surface area (Å²) >= 11 is 6.46. The largest absolute Gasteiger partial charge is 0.478 e. The van der Waals surface area contributed by atoms with Crippen LogP contribution in [0.25, 0.3) is 39.0 Å². The second-order valence-electron chi connectivity index (χ2n) is 10.2. The van der Waals surface area contributed by atoms with E-state index in [1.165, 1.54) is 41.0 Å². The Morgan fingerprint density at radius 3 is 2.11 bits per heavy atom. The van der Waals surface area contributed by atoms with Gasteiger partial charge in [-0.2, -0.15) is 10.5 Å². The molecule has 8 nitrogen and oxygen atoms in total. The molecule has 2 aromatic heterocycles. The summed E-state index contributed by atoms with van der Waals surface area (Å²) in [5, 5.41) is 29.5. The molecule has 0 atom stereocenters. The lowest BCUT2D eigenvalue weighted by Crippen LogP contribution is -2.15. The predicted octanol–water partition coefficient (Wildman–Crippen LogP) is 8.17. The third-order valence-electron chi connectivity index (χ3n) is 7.53. The van der Waals surface area contributed by atoms with Crippen LogP contribution in [0.15, 0.2) is 102 Å². The molecule has 0 fully saturated rings. The first kappa shape index (κ1) is 31.2. The van der Waals surface area contributed by atoms with Gasteiger partial charge in [-0.25, -0.2) is 30.4 Å². The fraction of sp³-hybridized carbons (Fsp3) is 0.0294. The molecule has 4 aromatic carbocycles. The minimum atomic E-state index is -4.63. The smallest absolute Gasteiger partial charge is 0.335 e. The van der Waals surface area contributed by atoms with E-state index in [0.29, 0.717) is 11.1 Å². The fourth-order valence-electron chi connectivity index (χ4n) is 5.41. The number of carboxylic acid groups (broad SMARTS) is 1. The molecule has 6 rings (SSSR count). The first-order chi connectivity index (χ1) is 22.5. The van der Waals surface area contributed by atoms with Crippen LogP contribution in [0.3, 0.4) is 0 Å². The molecule has 0 aliphatic rings. The van der Waals surface area contributed by atoms with Crippen molar-refractivity contribution in [3.63, 3.8) is 0 Å². The summed E-state index contributed by atoms with van der Waals surface area (Å²) in [7, 11) is -4.63. The van der Waals surface area contributed by atoms with Gasteiger partial charge in [-0.1, -0.05) is 48.0 Å². The number of halogens is 4. The number of aromatic nitrogens is 2. The Balaban J connectivity index is 1.74. The van der Waals surface area contributed by atoms with Gasteiger partial charge in [0, 0.05) is 27.1 Å². The van der Waals surface area contributed by atoms with Crippen LogP contribution in [0.1, 0.15) is 33.7 Å². The van der Waals surface area contributed by atoms with Crippen molar-refractivity contribution in [3.05, 3.63) is 130 Å². The van der Waals surface area contributed by atoms with E-state index in [-0.39, 0.29) is 54.7 Å². The number of benzene rings is 4. The Morgan fingerprint density at radius 2 is 1.51 bits per heavy atom. The van der Waals surface area contributed by atoms with Gasteiger partial charge in [-0.05, 0) is 66.2 Å². The molecule has 0 aliphatic heterocycles. The van der Waals surface area contributed by atoms with Gasteiger partial charge in [0.15, 0.2) is 0 Å². The highest BCUT2D eigenvalue weighted by Gasteiger charge is 2.31. The van der Waals surface area contributed by atoms with Crippen molar-refractivity contribution >= 4 is 38.5 Å². The summed E-state index contributed by atoms with van der Waals surface area (Å²) in [6, 6.07) is 24.6. The Morgan fingerprint density at radius 1 is 0.851 bits per heavy atom. The molecular weight excluding hydrogens is 653 g/mol. The normalized spacial score (nSPS) is 11.5. The van der Waals surface area contributed by atoms with Crippen LogP contribution in [0.5, 0.6) is 0 Å². The highest BCUT2D eigenvalue weighted by atomic mass is 35.5. The Hall–Kier alpha value is -5.82. The molecule has 0 spiro atoms. The lowest BCUT2D eigenvalue weighted by molar-refractivity contribution is 0.0696. The quantitative estimate of drug-likeness (QED) is 0.182. The molecule has 6 aromatic rings. The van der Waals surface area contributed by atoms with Crippen molar-refractivity contribution < 1.29 is 31.5 Å². The number of hydrogen-bond donors (Lipinski definition) is 1. The number of carboxylic acids is 1. The minimum Gasteiger partial charge on any atom is -0.478 e. The Kier molecular flexibility index (Phi) is 7.85. The van der Waals surface area contributed by atoms with Gasteiger partial charge in [0.2, 0.25) is 0 Å². The van der Waals surface area contributed by atoms with Crippen molar-refractivity contribution in [1.82, 2.24) is 8.54 Å². The SMILES string of the molecule is N#Cc1ccc(C#N)n1-c1c(-c2cccc(-c3ccc(C(=O)O)cc3Cl)c2)n(S(=O)(=O)c2ccc(C(F)F)cc2)c2ccc(F)cc12. The number of nitriles is 2. The van der Waals surface area contributed by atoms with Crippen molar-refractivity contribution in [1.29, 1.82) is 10.5 Å². The predicted molar refractivity (Wildman–Crippen MR) is 167 cm³/mol. The minimum absolute atomic E-state index is 0.00477. The van der Waals surface area contributed by atoms with Crippen molar-refractivity contribution in [2.75, 3.05) is 0 Å².